The Balaban J connectivity index is 1.32. The average Bonchev–Trinajstić information content (AvgIpc) is 3.50. The first kappa shape index (κ1) is 19.7. The van der Waals surface area contributed by atoms with Crippen LogP contribution in [0.3, 0.4) is 0 Å². The predicted octanol–water partition coefficient (Wildman–Crippen LogP) is 5.10. The third-order valence-electron chi connectivity index (χ3n) is 5.77. The molecule has 5 nitrogen and oxygen atoms in total. The quantitative estimate of drug-likeness (QED) is 0.428. The number of hydrogen-bond donors (Lipinski definition) is 0. The van der Waals surface area contributed by atoms with Crippen LogP contribution in [0.1, 0.15) is 35.0 Å². The van der Waals surface area contributed by atoms with Crippen LogP contribution in [0, 0.1) is 0 Å². The number of thiophene rings is 1. The lowest BCUT2D eigenvalue weighted by molar-refractivity contribution is -0.134. The van der Waals surface area contributed by atoms with Gasteiger partial charge in [0.1, 0.15) is 0 Å². The molecular formula is C25H23N3O2S. The fourth-order valence-corrected chi connectivity index (χ4v) is 4.88. The lowest BCUT2D eigenvalue weighted by Crippen LogP contribution is -2.41. The van der Waals surface area contributed by atoms with Gasteiger partial charge in [0.15, 0.2) is 0 Å². The van der Waals surface area contributed by atoms with Gasteiger partial charge in [0.05, 0.1) is 10.9 Å². The molecule has 0 saturated heterocycles. The predicted molar refractivity (Wildman–Crippen MR) is 121 cm³/mol. The molecule has 1 unspecified atom stereocenters. The van der Waals surface area contributed by atoms with E-state index < -0.39 is 0 Å². The lowest BCUT2D eigenvalue weighted by Gasteiger charge is -2.37. The topological polar surface area (TPSA) is 59.2 Å². The average molecular weight is 430 g/mol. The molecule has 1 aliphatic rings. The van der Waals surface area contributed by atoms with Crippen molar-refractivity contribution in [3.8, 4) is 10.7 Å². The van der Waals surface area contributed by atoms with E-state index in [1.807, 2.05) is 28.5 Å². The van der Waals surface area contributed by atoms with E-state index in [2.05, 4.69) is 58.7 Å². The van der Waals surface area contributed by atoms with Gasteiger partial charge >= 0.3 is 0 Å². The molecule has 0 fully saturated rings. The van der Waals surface area contributed by atoms with Gasteiger partial charge in [0, 0.05) is 19.4 Å². The normalized spacial score (nSPS) is 15.6. The molecule has 0 aliphatic carbocycles. The number of benzene rings is 2. The maximum absolute atomic E-state index is 13.3. The molecule has 0 spiro atoms. The van der Waals surface area contributed by atoms with Crippen LogP contribution >= 0.6 is 11.3 Å². The van der Waals surface area contributed by atoms with Crippen LogP contribution in [0.15, 0.2) is 76.6 Å². The van der Waals surface area contributed by atoms with Crippen LogP contribution in [0.5, 0.6) is 0 Å². The molecule has 0 N–H and O–H groups in total. The van der Waals surface area contributed by atoms with Gasteiger partial charge in [-0.05, 0) is 41.0 Å². The Kier molecular flexibility index (Phi) is 5.63. The fourth-order valence-electron chi connectivity index (χ4n) is 4.23. The van der Waals surface area contributed by atoms with Gasteiger partial charge in [0.2, 0.25) is 17.6 Å². The summed E-state index contributed by atoms with van der Waals surface area (Å²) < 4.78 is 5.38. The number of aryl methyl sites for hydroxylation is 1. The molecule has 2 aromatic heterocycles. The van der Waals surface area contributed by atoms with Crippen molar-refractivity contribution >= 4 is 17.2 Å². The minimum atomic E-state index is 0.0456. The summed E-state index contributed by atoms with van der Waals surface area (Å²) in [5.74, 6) is 1.23. The maximum Gasteiger partial charge on any atom is 0.227 e. The zero-order valence-corrected chi connectivity index (χ0v) is 17.9. The highest BCUT2D eigenvalue weighted by molar-refractivity contribution is 7.13. The second kappa shape index (κ2) is 8.86. The van der Waals surface area contributed by atoms with Crippen molar-refractivity contribution in [2.75, 3.05) is 6.54 Å². The van der Waals surface area contributed by atoms with E-state index in [-0.39, 0.29) is 11.9 Å². The van der Waals surface area contributed by atoms with E-state index in [0.717, 1.165) is 24.3 Å². The van der Waals surface area contributed by atoms with Crippen LogP contribution in [0.2, 0.25) is 0 Å². The van der Waals surface area contributed by atoms with Gasteiger partial charge in [-0.15, -0.1) is 11.3 Å². The maximum atomic E-state index is 13.3. The molecule has 0 radical (unpaired) electrons. The second-order valence-electron chi connectivity index (χ2n) is 7.73. The van der Waals surface area contributed by atoms with Crippen LogP contribution in [0.25, 0.3) is 10.7 Å². The van der Waals surface area contributed by atoms with Gasteiger partial charge in [-0.1, -0.05) is 65.8 Å². The van der Waals surface area contributed by atoms with Gasteiger partial charge < -0.3 is 9.42 Å². The largest absolute Gasteiger partial charge is 0.339 e. The summed E-state index contributed by atoms with van der Waals surface area (Å²) >= 11 is 1.57. The molecule has 1 aliphatic heterocycles. The monoisotopic (exact) mass is 429 g/mol. The molecule has 3 heterocycles. The van der Waals surface area contributed by atoms with E-state index in [0.29, 0.717) is 24.6 Å². The number of hydrogen-bond acceptors (Lipinski definition) is 5. The molecule has 156 valence electrons. The highest BCUT2D eigenvalue weighted by atomic mass is 32.1. The Morgan fingerprint density at radius 2 is 1.90 bits per heavy atom. The summed E-state index contributed by atoms with van der Waals surface area (Å²) in [5.41, 5.74) is 3.83. The minimum absolute atomic E-state index is 0.0456. The van der Waals surface area contributed by atoms with Crippen LogP contribution in [-0.2, 0) is 24.1 Å². The minimum Gasteiger partial charge on any atom is -0.339 e. The Morgan fingerprint density at radius 1 is 1.06 bits per heavy atom. The van der Waals surface area contributed by atoms with Crippen molar-refractivity contribution in [2.24, 2.45) is 0 Å². The van der Waals surface area contributed by atoms with Gasteiger partial charge in [-0.3, -0.25) is 4.79 Å². The van der Waals surface area contributed by atoms with E-state index in [4.69, 9.17) is 4.52 Å². The van der Waals surface area contributed by atoms with Crippen molar-refractivity contribution in [3.63, 3.8) is 0 Å². The third kappa shape index (κ3) is 4.30. The van der Waals surface area contributed by atoms with E-state index in [1.54, 1.807) is 11.3 Å². The zero-order chi connectivity index (χ0) is 21.0. The molecule has 5 rings (SSSR count). The van der Waals surface area contributed by atoms with Gasteiger partial charge in [0.25, 0.3) is 0 Å². The molecule has 4 aromatic rings. The summed E-state index contributed by atoms with van der Waals surface area (Å²) in [6, 6.07) is 22.8. The molecule has 6 heteroatoms. The Morgan fingerprint density at radius 3 is 2.74 bits per heavy atom. The molecule has 1 amide bonds. The number of carbonyl (C=O) groups excluding carboxylic acids is 1. The van der Waals surface area contributed by atoms with Crippen LogP contribution in [0.4, 0.5) is 0 Å². The highest BCUT2D eigenvalue weighted by Gasteiger charge is 2.30. The third-order valence-corrected chi connectivity index (χ3v) is 6.63. The number of rotatable bonds is 6. The summed E-state index contributed by atoms with van der Waals surface area (Å²) in [5, 5.41) is 6.03. The summed E-state index contributed by atoms with van der Waals surface area (Å²) in [6.45, 7) is 0.734. The van der Waals surface area contributed by atoms with Crippen molar-refractivity contribution in [3.05, 3.63) is 94.7 Å². The number of amides is 1. The lowest BCUT2D eigenvalue weighted by atomic mass is 9.88. The Hall–Kier alpha value is -3.25. The fraction of sp³-hybridized carbons (Fsp3) is 0.240. The summed E-state index contributed by atoms with van der Waals surface area (Å²) in [7, 11) is 0. The zero-order valence-electron chi connectivity index (χ0n) is 17.1. The summed E-state index contributed by atoms with van der Waals surface area (Å²) in [6.07, 6.45) is 2.51. The Labute approximate surface area is 185 Å². The summed E-state index contributed by atoms with van der Waals surface area (Å²) in [4.78, 5) is 20.7. The van der Waals surface area contributed by atoms with E-state index in [9.17, 15) is 4.79 Å². The van der Waals surface area contributed by atoms with Crippen molar-refractivity contribution in [1.82, 2.24) is 15.0 Å². The van der Waals surface area contributed by atoms with Gasteiger partial charge in [-0.25, -0.2) is 0 Å². The molecule has 31 heavy (non-hydrogen) atoms. The number of carbonyl (C=O) groups is 1. The number of aromatic nitrogens is 2. The molecular weight excluding hydrogens is 406 g/mol. The standard InChI is InChI=1S/C25H23N3O2S/c29-24(13-12-23-26-25(27-30-23)22-11-6-16-31-22)28-15-14-19-9-4-5-10-20(19)21(28)17-18-7-2-1-3-8-18/h1-11,16,21H,12-15,17H2. The van der Waals surface area contributed by atoms with E-state index in [1.165, 1.54) is 16.7 Å². The molecule has 0 bridgehead atoms. The smallest absolute Gasteiger partial charge is 0.227 e. The molecule has 1 atom stereocenters. The molecule has 0 saturated carbocycles. The molecule has 2 aromatic carbocycles. The van der Waals surface area contributed by atoms with Crippen LogP contribution < -0.4 is 0 Å². The first-order valence-electron chi connectivity index (χ1n) is 10.6. The SMILES string of the molecule is O=C(CCc1nc(-c2cccs2)no1)N1CCc2ccccc2C1Cc1ccccc1. The van der Waals surface area contributed by atoms with Crippen molar-refractivity contribution in [2.45, 2.75) is 31.7 Å². The number of nitrogens with zero attached hydrogens (tertiary/aromatic N) is 3. The van der Waals surface area contributed by atoms with Crippen molar-refractivity contribution in [1.29, 1.82) is 0 Å². The first-order valence-corrected chi connectivity index (χ1v) is 11.4. The van der Waals surface area contributed by atoms with E-state index >= 15 is 0 Å². The van der Waals surface area contributed by atoms with Gasteiger partial charge in [-0.2, -0.15) is 4.98 Å². The highest BCUT2D eigenvalue weighted by Crippen LogP contribution is 2.33. The van der Waals surface area contributed by atoms with Crippen molar-refractivity contribution < 1.29 is 9.32 Å². The Bertz CT molecular complexity index is 1150. The van der Waals surface area contributed by atoms with Crippen LogP contribution in [-0.4, -0.2) is 27.5 Å². The first-order chi connectivity index (χ1) is 15.3. The number of fused-ring (bicyclic) bond motifs is 1. The second-order valence-corrected chi connectivity index (χ2v) is 8.68.